The van der Waals surface area contributed by atoms with Gasteiger partial charge in [0.25, 0.3) is 0 Å². The zero-order chi connectivity index (χ0) is 14.0. The van der Waals surface area contributed by atoms with Crippen molar-refractivity contribution < 1.29 is 0 Å². The minimum absolute atomic E-state index is 0.187. The summed E-state index contributed by atoms with van der Waals surface area (Å²) in [6.07, 6.45) is 5.83. The Bertz CT molecular complexity index is 432. The van der Waals surface area contributed by atoms with Gasteiger partial charge in [-0.3, -0.25) is 0 Å². The molecule has 0 amide bonds. The van der Waals surface area contributed by atoms with Crippen LogP contribution >= 0.6 is 23.2 Å². The van der Waals surface area contributed by atoms with Gasteiger partial charge in [0, 0.05) is 16.1 Å². The Balaban J connectivity index is 1.98. The van der Waals surface area contributed by atoms with Crippen molar-refractivity contribution in [2.45, 2.75) is 52.0 Å². The molecule has 106 valence electrons. The van der Waals surface area contributed by atoms with Crippen molar-refractivity contribution in [1.29, 1.82) is 0 Å². The Morgan fingerprint density at radius 1 is 1.26 bits per heavy atom. The molecule has 3 heteroatoms. The monoisotopic (exact) mass is 299 g/mol. The second-order valence-corrected chi connectivity index (χ2v) is 7.45. The van der Waals surface area contributed by atoms with Crippen LogP contribution in [-0.2, 0) is 6.42 Å². The molecule has 1 unspecified atom stereocenters. The summed E-state index contributed by atoms with van der Waals surface area (Å²) in [5.41, 5.74) is 7.95. The minimum Gasteiger partial charge on any atom is -0.327 e. The number of halogens is 2. The van der Waals surface area contributed by atoms with Gasteiger partial charge in [0.05, 0.1) is 0 Å². The lowest BCUT2D eigenvalue weighted by Crippen LogP contribution is -2.36. The molecule has 2 rings (SSSR count). The number of hydrogen-bond donors (Lipinski definition) is 1. The van der Waals surface area contributed by atoms with E-state index in [9.17, 15) is 0 Å². The lowest BCUT2D eigenvalue weighted by atomic mass is 9.70. The first-order valence-electron chi connectivity index (χ1n) is 7.07. The highest BCUT2D eigenvalue weighted by molar-refractivity contribution is 6.33. The first kappa shape index (κ1) is 15.2. The van der Waals surface area contributed by atoms with Gasteiger partial charge in [0.2, 0.25) is 0 Å². The van der Waals surface area contributed by atoms with Gasteiger partial charge in [-0.15, -0.1) is 0 Å². The van der Waals surface area contributed by atoms with Crippen molar-refractivity contribution in [1.82, 2.24) is 0 Å². The second-order valence-electron chi connectivity index (χ2n) is 6.61. The van der Waals surface area contributed by atoms with E-state index in [1.54, 1.807) is 0 Å². The normalized spacial score (nSPS) is 21.3. The van der Waals surface area contributed by atoms with Crippen molar-refractivity contribution in [2.24, 2.45) is 17.1 Å². The number of nitrogens with two attached hydrogens (primary N) is 1. The molecule has 1 aromatic carbocycles. The summed E-state index contributed by atoms with van der Waals surface area (Å²) in [5, 5.41) is 1.51. The van der Waals surface area contributed by atoms with Crippen LogP contribution in [0.15, 0.2) is 18.2 Å². The molecule has 2 N–H and O–H groups in total. The van der Waals surface area contributed by atoms with Gasteiger partial charge in [-0.1, -0.05) is 37.0 Å². The highest BCUT2D eigenvalue weighted by Gasteiger charge is 2.30. The molecular weight excluding hydrogens is 277 g/mol. The lowest BCUT2D eigenvalue weighted by molar-refractivity contribution is 0.173. The van der Waals surface area contributed by atoms with E-state index in [0.29, 0.717) is 11.3 Å². The van der Waals surface area contributed by atoms with E-state index in [4.69, 9.17) is 28.9 Å². The van der Waals surface area contributed by atoms with Crippen LogP contribution in [0, 0.1) is 11.3 Å². The molecule has 0 radical (unpaired) electrons. The van der Waals surface area contributed by atoms with Gasteiger partial charge < -0.3 is 5.73 Å². The molecule has 1 saturated carbocycles. The summed E-state index contributed by atoms with van der Waals surface area (Å²) >= 11 is 12.2. The molecule has 0 aromatic heterocycles. The summed E-state index contributed by atoms with van der Waals surface area (Å²) < 4.78 is 0. The van der Waals surface area contributed by atoms with Crippen molar-refractivity contribution in [2.75, 3.05) is 0 Å². The van der Waals surface area contributed by atoms with Gasteiger partial charge >= 0.3 is 0 Å². The maximum Gasteiger partial charge on any atom is 0.0439 e. The van der Waals surface area contributed by atoms with Crippen LogP contribution in [0.25, 0.3) is 0 Å². The summed E-state index contributed by atoms with van der Waals surface area (Å²) in [6.45, 7) is 4.70. The fourth-order valence-corrected chi connectivity index (χ4v) is 3.36. The van der Waals surface area contributed by atoms with Crippen molar-refractivity contribution in [3.8, 4) is 0 Å². The van der Waals surface area contributed by atoms with Crippen LogP contribution in [0.4, 0.5) is 0 Å². The molecular formula is C16H23Cl2N. The van der Waals surface area contributed by atoms with E-state index in [1.165, 1.54) is 25.7 Å². The molecule has 19 heavy (non-hydrogen) atoms. The second kappa shape index (κ2) is 6.03. The molecule has 0 spiro atoms. The Morgan fingerprint density at radius 2 is 1.89 bits per heavy atom. The Kier molecular flexibility index (Phi) is 4.81. The first-order chi connectivity index (χ1) is 8.87. The number of rotatable bonds is 3. The largest absolute Gasteiger partial charge is 0.327 e. The predicted molar refractivity (Wildman–Crippen MR) is 83.9 cm³/mol. The highest BCUT2D eigenvalue weighted by atomic mass is 35.5. The van der Waals surface area contributed by atoms with Crippen molar-refractivity contribution in [3.05, 3.63) is 33.8 Å². The average molecular weight is 300 g/mol. The molecule has 0 saturated heterocycles. The van der Waals surface area contributed by atoms with Crippen LogP contribution in [0.5, 0.6) is 0 Å². The first-order valence-corrected chi connectivity index (χ1v) is 7.82. The van der Waals surface area contributed by atoms with E-state index in [0.717, 1.165) is 22.0 Å². The Hall–Kier alpha value is -0.240. The maximum atomic E-state index is 6.39. The number of benzene rings is 1. The molecule has 1 atom stereocenters. The molecule has 0 bridgehead atoms. The van der Waals surface area contributed by atoms with E-state index in [1.807, 2.05) is 18.2 Å². The average Bonchev–Trinajstić information content (AvgIpc) is 2.33. The van der Waals surface area contributed by atoms with Crippen molar-refractivity contribution in [3.63, 3.8) is 0 Å². The van der Waals surface area contributed by atoms with Crippen LogP contribution in [0.2, 0.25) is 10.0 Å². The third-order valence-electron chi connectivity index (χ3n) is 4.45. The van der Waals surface area contributed by atoms with Gasteiger partial charge in [-0.05, 0) is 67.2 Å². The Labute approximate surface area is 126 Å². The van der Waals surface area contributed by atoms with E-state index >= 15 is 0 Å². The van der Waals surface area contributed by atoms with Gasteiger partial charge in [0.1, 0.15) is 0 Å². The van der Waals surface area contributed by atoms with Crippen LogP contribution in [0.3, 0.4) is 0 Å². The quantitative estimate of drug-likeness (QED) is 0.827. The smallest absolute Gasteiger partial charge is 0.0439 e. The third kappa shape index (κ3) is 4.11. The summed E-state index contributed by atoms with van der Waals surface area (Å²) in [5.74, 6) is 0.614. The van der Waals surface area contributed by atoms with Gasteiger partial charge in [-0.25, -0.2) is 0 Å². The molecule has 1 nitrogen and oxygen atoms in total. The molecule has 1 aliphatic carbocycles. The number of hydrogen-bond acceptors (Lipinski definition) is 1. The minimum atomic E-state index is 0.187. The summed E-state index contributed by atoms with van der Waals surface area (Å²) in [4.78, 5) is 0. The van der Waals surface area contributed by atoms with Crippen molar-refractivity contribution >= 4 is 23.2 Å². The SMILES string of the molecule is CC1(C)CCC(C(N)Cc2cc(Cl)ccc2Cl)CC1. The zero-order valence-corrected chi connectivity index (χ0v) is 13.3. The summed E-state index contributed by atoms with van der Waals surface area (Å²) in [7, 11) is 0. The standard InChI is InChI=1S/C16H23Cl2N/c1-16(2)7-5-11(6-8-16)15(19)10-12-9-13(17)3-4-14(12)18/h3-4,9,11,15H,5-8,10,19H2,1-2H3. The third-order valence-corrected chi connectivity index (χ3v) is 5.06. The van der Waals surface area contributed by atoms with Crippen LogP contribution in [0.1, 0.15) is 45.1 Å². The molecule has 1 aromatic rings. The molecule has 0 aliphatic heterocycles. The van der Waals surface area contributed by atoms with Gasteiger partial charge in [0.15, 0.2) is 0 Å². The fourth-order valence-electron chi connectivity index (χ4n) is 2.97. The van der Waals surface area contributed by atoms with E-state index < -0.39 is 0 Å². The molecule has 1 aliphatic rings. The van der Waals surface area contributed by atoms with Crippen LogP contribution < -0.4 is 5.73 Å². The zero-order valence-electron chi connectivity index (χ0n) is 11.8. The van der Waals surface area contributed by atoms with Gasteiger partial charge in [-0.2, -0.15) is 0 Å². The Morgan fingerprint density at radius 3 is 2.53 bits per heavy atom. The lowest BCUT2D eigenvalue weighted by Gasteiger charge is -2.37. The molecule has 1 fully saturated rings. The fraction of sp³-hybridized carbons (Fsp3) is 0.625. The topological polar surface area (TPSA) is 26.0 Å². The summed E-state index contributed by atoms with van der Waals surface area (Å²) in [6, 6.07) is 5.81. The van der Waals surface area contributed by atoms with E-state index in [2.05, 4.69) is 13.8 Å². The van der Waals surface area contributed by atoms with Crippen LogP contribution in [-0.4, -0.2) is 6.04 Å². The highest BCUT2D eigenvalue weighted by Crippen LogP contribution is 2.39. The molecule has 0 heterocycles. The predicted octanol–water partition coefficient (Wildman–Crippen LogP) is 5.08. The maximum absolute atomic E-state index is 6.39. The van der Waals surface area contributed by atoms with E-state index in [-0.39, 0.29) is 6.04 Å².